The molecule has 0 aliphatic carbocycles. The average Bonchev–Trinajstić information content (AvgIpc) is 2.37. The van der Waals surface area contributed by atoms with Crippen molar-refractivity contribution in [3.05, 3.63) is 33.9 Å². The highest BCUT2D eigenvalue weighted by Gasteiger charge is 2.14. The molecule has 0 unspecified atom stereocenters. The predicted octanol–water partition coefficient (Wildman–Crippen LogP) is 2.23. The second-order valence-corrected chi connectivity index (χ2v) is 4.36. The SMILES string of the molecule is CC(C)NCCCOc1ccc(C#N)c([N+](=O)[O-])c1. The predicted molar refractivity (Wildman–Crippen MR) is 71.1 cm³/mol. The zero-order valence-corrected chi connectivity index (χ0v) is 11.0. The van der Waals surface area contributed by atoms with Gasteiger partial charge in [-0.1, -0.05) is 13.8 Å². The van der Waals surface area contributed by atoms with Crippen molar-refractivity contribution >= 4 is 5.69 Å². The number of hydrogen-bond donors (Lipinski definition) is 1. The van der Waals surface area contributed by atoms with Gasteiger partial charge >= 0.3 is 0 Å². The van der Waals surface area contributed by atoms with Gasteiger partial charge in [0.1, 0.15) is 17.4 Å². The minimum Gasteiger partial charge on any atom is -0.493 e. The number of rotatable bonds is 7. The third-order valence-corrected chi connectivity index (χ3v) is 2.43. The van der Waals surface area contributed by atoms with E-state index < -0.39 is 4.92 Å². The molecule has 1 rings (SSSR count). The summed E-state index contributed by atoms with van der Waals surface area (Å²) in [5.41, 5.74) is -0.181. The van der Waals surface area contributed by atoms with E-state index in [2.05, 4.69) is 19.2 Å². The molecule has 0 atom stereocenters. The molecule has 0 saturated carbocycles. The van der Waals surface area contributed by atoms with E-state index in [1.54, 1.807) is 12.1 Å². The molecule has 0 saturated heterocycles. The summed E-state index contributed by atoms with van der Waals surface area (Å²) in [5.74, 6) is 0.412. The van der Waals surface area contributed by atoms with Crippen molar-refractivity contribution in [3.63, 3.8) is 0 Å². The lowest BCUT2D eigenvalue weighted by molar-refractivity contribution is -0.385. The number of nitro benzene ring substituents is 1. The number of nitrogens with one attached hydrogen (secondary N) is 1. The summed E-state index contributed by atoms with van der Waals surface area (Å²) in [4.78, 5) is 10.2. The Balaban J connectivity index is 2.54. The molecule has 1 aromatic rings. The van der Waals surface area contributed by atoms with Crippen molar-refractivity contribution in [1.29, 1.82) is 5.26 Å². The Morgan fingerprint density at radius 1 is 1.53 bits per heavy atom. The van der Waals surface area contributed by atoms with E-state index in [4.69, 9.17) is 10.00 Å². The van der Waals surface area contributed by atoms with Gasteiger partial charge in [-0.15, -0.1) is 0 Å². The van der Waals surface area contributed by atoms with E-state index in [1.165, 1.54) is 12.1 Å². The van der Waals surface area contributed by atoms with Crippen molar-refractivity contribution in [2.75, 3.05) is 13.2 Å². The molecule has 0 amide bonds. The van der Waals surface area contributed by atoms with Crippen LogP contribution in [0.25, 0.3) is 0 Å². The minimum atomic E-state index is -0.578. The van der Waals surface area contributed by atoms with Crippen LogP contribution in [0.1, 0.15) is 25.8 Å². The molecule has 6 heteroatoms. The van der Waals surface area contributed by atoms with Crippen molar-refractivity contribution in [3.8, 4) is 11.8 Å². The second kappa shape index (κ2) is 7.34. The Labute approximate surface area is 112 Å². The average molecular weight is 263 g/mol. The van der Waals surface area contributed by atoms with E-state index in [1.807, 2.05) is 0 Å². The van der Waals surface area contributed by atoms with Crippen LogP contribution in [0.4, 0.5) is 5.69 Å². The fourth-order valence-corrected chi connectivity index (χ4v) is 1.50. The van der Waals surface area contributed by atoms with E-state index in [9.17, 15) is 10.1 Å². The quantitative estimate of drug-likeness (QED) is 0.463. The molecule has 102 valence electrons. The van der Waals surface area contributed by atoms with Gasteiger partial charge in [-0.25, -0.2) is 0 Å². The molecule has 0 aromatic heterocycles. The van der Waals surface area contributed by atoms with Crippen molar-refractivity contribution in [2.24, 2.45) is 0 Å². The van der Waals surface area contributed by atoms with Crippen LogP contribution in [-0.4, -0.2) is 24.1 Å². The number of nitriles is 1. The second-order valence-electron chi connectivity index (χ2n) is 4.36. The summed E-state index contributed by atoms with van der Waals surface area (Å²) in [6, 6.07) is 6.47. The molecule has 0 fully saturated rings. The first-order valence-electron chi connectivity index (χ1n) is 6.09. The number of ether oxygens (including phenoxy) is 1. The molecular formula is C13H17N3O3. The van der Waals surface area contributed by atoms with Gasteiger partial charge in [0.25, 0.3) is 5.69 Å². The lowest BCUT2D eigenvalue weighted by Gasteiger charge is -2.09. The lowest BCUT2D eigenvalue weighted by Crippen LogP contribution is -2.24. The monoisotopic (exact) mass is 263 g/mol. The zero-order valence-electron chi connectivity index (χ0n) is 11.0. The molecule has 0 radical (unpaired) electrons. The number of nitro groups is 1. The van der Waals surface area contributed by atoms with Gasteiger partial charge in [0.15, 0.2) is 0 Å². The van der Waals surface area contributed by atoms with Crippen LogP contribution in [-0.2, 0) is 0 Å². The summed E-state index contributed by atoms with van der Waals surface area (Å²) in [5, 5.41) is 22.8. The summed E-state index contributed by atoms with van der Waals surface area (Å²) < 4.78 is 5.42. The summed E-state index contributed by atoms with van der Waals surface area (Å²) in [6.07, 6.45) is 0.811. The van der Waals surface area contributed by atoms with E-state index in [-0.39, 0.29) is 11.3 Å². The lowest BCUT2D eigenvalue weighted by atomic mass is 10.2. The minimum absolute atomic E-state index is 0.0406. The molecule has 0 spiro atoms. The molecule has 1 aromatic carbocycles. The van der Waals surface area contributed by atoms with Crippen LogP contribution in [0.5, 0.6) is 5.75 Å². The molecule has 0 aliphatic rings. The van der Waals surface area contributed by atoms with Gasteiger partial charge in [-0.05, 0) is 25.1 Å². The Morgan fingerprint density at radius 3 is 2.84 bits per heavy atom. The Hall–Kier alpha value is -2.13. The molecule has 0 heterocycles. The topological polar surface area (TPSA) is 88.2 Å². The summed E-state index contributed by atoms with van der Waals surface area (Å²) in [6.45, 7) is 5.43. The first-order chi connectivity index (χ1) is 9.04. The van der Waals surface area contributed by atoms with Crippen LogP contribution in [0, 0.1) is 21.4 Å². The number of hydrogen-bond acceptors (Lipinski definition) is 5. The van der Waals surface area contributed by atoms with Gasteiger partial charge in [-0.2, -0.15) is 5.26 Å². The summed E-state index contributed by atoms with van der Waals surface area (Å²) in [7, 11) is 0. The molecular weight excluding hydrogens is 246 g/mol. The first-order valence-corrected chi connectivity index (χ1v) is 6.09. The Kier molecular flexibility index (Phi) is 5.76. The van der Waals surface area contributed by atoms with Gasteiger partial charge in [0, 0.05) is 6.04 Å². The number of benzene rings is 1. The maximum Gasteiger partial charge on any atom is 0.290 e. The van der Waals surface area contributed by atoms with E-state index >= 15 is 0 Å². The van der Waals surface area contributed by atoms with Crippen molar-refractivity contribution in [1.82, 2.24) is 5.32 Å². The molecule has 19 heavy (non-hydrogen) atoms. The summed E-state index contributed by atoms with van der Waals surface area (Å²) >= 11 is 0. The maximum absolute atomic E-state index is 10.8. The van der Waals surface area contributed by atoms with Gasteiger partial charge < -0.3 is 10.1 Å². The normalized spacial score (nSPS) is 10.2. The standard InChI is InChI=1S/C13H17N3O3/c1-10(2)15-6-3-7-19-12-5-4-11(9-14)13(8-12)16(17)18/h4-5,8,10,15H,3,6-7H2,1-2H3. The third kappa shape index (κ3) is 4.94. The van der Waals surface area contributed by atoms with Crippen LogP contribution in [0.3, 0.4) is 0 Å². The zero-order chi connectivity index (χ0) is 14.3. The molecule has 0 bridgehead atoms. The van der Waals surface area contributed by atoms with Gasteiger partial charge in [-0.3, -0.25) is 10.1 Å². The van der Waals surface area contributed by atoms with E-state index in [0.717, 1.165) is 13.0 Å². The highest BCUT2D eigenvalue weighted by molar-refractivity contribution is 5.52. The fraction of sp³-hybridized carbons (Fsp3) is 0.462. The van der Waals surface area contributed by atoms with Crippen molar-refractivity contribution < 1.29 is 9.66 Å². The van der Waals surface area contributed by atoms with Crippen LogP contribution < -0.4 is 10.1 Å². The Bertz CT molecular complexity index is 481. The molecule has 0 aliphatic heterocycles. The first kappa shape index (κ1) is 14.9. The van der Waals surface area contributed by atoms with Crippen LogP contribution in [0.15, 0.2) is 18.2 Å². The van der Waals surface area contributed by atoms with E-state index in [0.29, 0.717) is 18.4 Å². The van der Waals surface area contributed by atoms with Gasteiger partial charge in [0.05, 0.1) is 17.6 Å². The molecule has 6 nitrogen and oxygen atoms in total. The van der Waals surface area contributed by atoms with Gasteiger partial charge in [0.2, 0.25) is 0 Å². The Morgan fingerprint density at radius 2 is 2.26 bits per heavy atom. The maximum atomic E-state index is 10.8. The van der Waals surface area contributed by atoms with Crippen LogP contribution >= 0.6 is 0 Å². The third-order valence-electron chi connectivity index (χ3n) is 2.43. The van der Waals surface area contributed by atoms with Crippen molar-refractivity contribution in [2.45, 2.75) is 26.3 Å². The smallest absolute Gasteiger partial charge is 0.290 e. The molecule has 1 N–H and O–H groups in total. The highest BCUT2D eigenvalue weighted by Crippen LogP contribution is 2.24. The largest absolute Gasteiger partial charge is 0.493 e. The van der Waals surface area contributed by atoms with Crippen LogP contribution in [0.2, 0.25) is 0 Å². The highest BCUT2D eigenvalue weighted by atomic mass is 16.6. The number of nitrogens with zero attached hydrogens (tertiary/aromatic N) is 2. The fourth-order valence-electron chi connectivity index (χ4n) is 1.50.